The average Bonchev–Trinajstić information content (AvgIpc) is 2.92. The molecule has 0 fully saturated rings. The molecule has 1 aromatic carbocycles. The summed E-state index contributed by atoms with van der Waals surface area (Å²) in [6.07, 6.45) is 3.78. The van der Waals surface area contributed by atoms with Crippen LogP contribution in [0.1, 0.15) is 30.6 Å². The molecule has 2 nitrogen and oxygen atoms in total. The number of halogens is 1. The van der Waals surface area contributed by atoms with E-state index in [2.05, 4.69) is 24.4 Å². The van der Waals surface area contributed by atoms with Crippen molar-refractivity contribution in [1.82, 2.24) is 5.32 Å². The van der Waals surface area contributed by atoms with Gasteiger partial charge in [-0.05, 0) is 42.8 Å². The van der Waals surface area contributed by atoms with Gasteiger partial charge in [0.1, 0.15) is 5.76 Å². The smallest absolute Gasteiger partial charge is 0.104 e. The van der Waals surface area contributed by atoms with Crippen LogP contribution >= 0.6 is 11.6 Å². The molecule has 0 spiro atoms. The molecule has 1 N–H and O–H groups in total. The van der Waals surface area contributed by atoms with Gasteiger partial charge in [-0.15, -0.1) is 0 Å². The van der Waals surface area contributed by atoms with E-state index in [-0.39, 0.29) is 0 Å². The predicted octanol–water partition coefficient (Wildman–Crippen LogP) is 4.26. The number of nitrogens with one attached hydrogen (secondary N) is 1. The molecule has 1 aromatic heterocycles. The molecule has 0 aliphatic heterocycles. The van der Waals surface area contributed by atoms with E-state index in [9.17, 15) is 0 Å². The monoisotopic (exact) mass is 277 g/mol. The summed E-state index contributed by atoms with van der Waals surface area (Å²) in [6, 6.07) is 12.1. The lowest BCUT2D eigenvalue weighted by Gasteiger charge is -2.17. The van der Waals surface area contributed by atoms with Crippen LogP contribution in [0.25, 0.3) is 0 Å². The van der Waals surface area contributed by atoms with E-state index in [1.54, 1.807) is 6.26 Å². The Labute approximate surface area is 119 Å². The van der Waals surface area contributed by atoms with Gasteiger partial charge < -0.3 is 9.73 Å². The van der Waals surface area contributed by atoms with Crippen LogP contribution in [-0.4, -0.2) is 13.1 Å². The fraction of sp³-hybridized carbons (Fsp3) is 0.375. The van der Waals surface area contributed by atoms with Crippen LogP contribution in [0.4, 0.5) is 0 Å². The molecule has 0 amide bonds. The zero-order valence-electron chi connectivity index (χ0n) is 11.2. The molecule has 1 unspecified atom stereocenters. The van der Waals surface area contributed by atoms with Gasteiger partial charge >= 0.3 is 0 Å². The lowest BCUT2D eigenvalue weighted by atomic mass is 9.94. The van der Waals surface area contributed by atoms with Crippen LogP contribution < -0.4 is 5.32 Å². The van der Waals surface area contributed by atoms with Crippen LogP contribution in [0.5, 0.6) is 0 Å². The van der Waals surface area contributed by atoms with Gasteiger partial charge in [-0.3, -0.25) is 0 Å². The van der Waals surface area contributed by atoms with Gasteiger partial charge in [0, 0.05) is 23.9 Å². The summed E-state index contributed by atoms with van der Waals surface area (Å²) in [4.78, 5) is 0. The quantitative estimate of drug-likeness (QED) is 0.765. The Morgan fingerprint density at radius 3 is 2.63 bits per heavy atom. The van der Waals surface area contributed by atoms with Gasteiger partial charge in [0.05, 0.1) is 6.26 Å². The molecule has 1 atom stereocenters. The molecule has 19 heavy (non-hydrogen) atoms. The van der Waals surface area contributed by atoms with Crippen LogP contribution in [0.2, 0.25) is 5.02 Å². The fourth-order valence-electron chi connectivity index (χ4n) is 2.17. The average molecular weight is 278 g/mol. The van der Waals surface area contributed by atoms with Crippen LogP contribution in [-0.2, 0) is 6.42 Å². The van der Waals surface area contributed by atoms with Crippen molar-refractivity contribution in [3.63, 3.8) is 0 Å². The maximum Gasteiger partial charge on any atom is 0.104 e. The molecular weight excluding hydrogens is 258 g/mol. The highest BCUT2D eigenvalue weighted by Crippen LogP contribution is 2.22. The van der Waals surface area contributed by atoms with Crippen LogP contribution in [0.15, 0.2) is 47.1 Å². The van der Waals surface area contributed by atoms with Crippen molar-refractivity contribution in [2.75, 3.05) is 13.1 Å². The largest absolute Gasteiger partial charge is 0.469 e. The van der Waals surface area contributed by atoms with Crippen LogP contribution in [0.3, 0.4) is 0 Å². The minimum Gasteiger partial charge on any atom is -0.469 e. The maximum absolute atomic E-state index is 5.95. The van der Waals surface area contributed by atoms with Crippen molar-refractivity contribution in [2.45, 2.75) is 25.7 Å². The fourth-order valence-corrected chi connectivity index (χ4v) is 2.29. The first-order valence-electron chi connectivity index (χ1n) is 6.78. The van der Waals surface area contributed by atoms with Gasteiger partial charge in [0.2, 0.25) is 0 Å². The number of rotatable bonds is 7. The molecule has 2 rings (SSSR count). The van der Waals surface area contributed by atoms with Crippen molar-refractivity contribution in [3.05, 3.63) is 59.0 Å². The molecule has 3 heteroatoms. The summed E-state index contributed by atoms with van der Waals surface area (Å²) in [5.74, 6) is 1.44. The highest BCUT2D eigenvalue weighted by atomic mass is 35.5. The minimum atomic E-state index is 0.412. The molecule has 0 saturated carbocycles. The van der Waals surface area contributed by atoms with Crippen molar-refractivity contribution < 1.29 is 4.42 Å². The van der Waals surface area contributed by atoms with Crippen molar-refractivity contribution in [3.8, 4) is 0 Å². The van der Waals surface area contributed by atoms with E-state index in [4.69, 9.17) is 16.0 Å². The Bertz CT molecular complexity index is 464. The third-order valence-electron chi connectivity index (χ3n) is 3.19. The predicted molar refractivity (Wildman–Crippen MR) is 79.8 cm³/mol. The lowest BCUT2D eigenvalue weighted by molar-refractivity contribution is 0.473. The maximum atomic E-state index is 5.95. The van der Waals surface area contributed by atoms with E-state index in [1.165, 1.54) is 5.56 Å². The van der Waals surface area contributed by atoms with Crippen molar-refractivity contribution >= 4 is 11.6 Å². The van der Waals surface area contributed by atoms with Crippen molar-refractivity contribution in [2.24, 2.45) is 0 Å². The molecule has 2 aromatic rings. The van der Waals surface area contributed by atoms with Gasteiger partial charge in [-0.2, -0.15) is 0 Å². The molecule has 0 saturated heterocycles. The second-order valence-electron chi connectivity index (χ2n) is 4.74. The van der Waals surface area contributed by atoms with Gasteiger partial charge in [-0.1, -0.05) is 30.7 Å². The highest BCUT2D eigenvalue weighted by Gasteiger charge is 2.13. The highest BCUT2D eigenvalue weighted by molar-refractivity contribution is 6.30. The number of hydrogen-bond donors (Lipinski definition) is 1. The normalized spacial score (nSPS) is 12.5. The summed E-state index contributed by atoms with van der Waals surface area (Å²) in [5, 5.41) is 4.27. The first kappa shape index (κ1) is 14.2. The van der Waals surface area contributed by atoms with Gasteiger partial charge in [0.25, 0.3) is 0 Å². The van der Waals surface area contributed by atoms with Gasteiger partial charge in [-0.25, -0.2) is 0 Å². The molecular formula is C16H20ClNO. The van der Waals surface area contributed by atoms with E-state index in [0.29, 0.717) is 5.92 Å². The third-order valence-corrected chi connectivity index (χ3v) is 3.44. The summed E-state index contributed by atoms with van der Waals surface area (Å²) in [7, 11) is 0. The zero-order chi connectivity index (χ0) is 13.5. The second kappa shape index (κ2) is 7.37. The molecule has 0 aliphatic carbocycles. The Morgan fingerprint density at radius 2 is 2.00 bits per heavy atom. The summed E-state index contributed by atoms with van der Waals surface area (Å²) in [5.41, 5.74) is 1.30. The number of benzene rings is 1. The molecule has 0 aliphatic rings. The van der Waals surface area contributed by atoms with E-state index in [1.807, 2.05) is 24.3 Å². The Hall–Kier alpha value is -1.25. The third kappa shape index (κ3) is 4.41. The SMILES string of the molecule is CCCNCC(Cc1ccco1)c1ccc(Cl)cc1. The Morgan fingerprint density at radius 1 is 1.21 bits per heavy atom. The van der Waals surface area contributed by atoms with E-state index in [0.717, 1.165) is 36.7 Å². The van der Waals surface area contributed by atoms with Gasteiger partial charge in [0.15, 0.2) is 0 Å². The summed E-state index contributed by atoms with van der Waals surface area (Å²) >= 11 is 5.95. The zero-order valence-corrected chi connectivity index (χ0v) is 12.0. The van der Waals surface area contributed by atoms with Crippen molar-refractivity contribution in [1.29, 1.82) is 0 Å². The number of furan rings is 1. The molecule has 0 radical (unpaired) electrons. The molecule has 0 bridgehead atoms. The molecule has 102 valence electrons. The Kier molecular flexibility index (Phi) is 5.49. The standard InChI is InChI=1S/C16H20ClNO/c1-2-9-18-12-14(11-16-4-3-10-19-16)13-5-7-15(17)8-6-13/h3-8,10,14,18H,2,9,11-12H2,1H3. The van der Waals surface area contributed by atoms with E-state index < -0.39 is 0 Å². The number of hydrogen-bond acceptors (Lipinski definition) is 2. The lowest BCUT2D eigenvalue weighted by Crippen LogP contribution is -2.23. The summed E-state index contributed by atoms with van der Waals surface area (Å²) in [6.45, 7) is 4.18. The summed E-state index contributed by atoms with van der Waals surface area (Å²) < 4.78 is 5.46. The van der Waals surface area contributed by atoms with E-state index >= 15 is 0 Å². The first-order chi connectivity index (χ1) is 9.29. The van der Waals surface area contributed by atoms with Crippen LogP contribution in [0, 0.1) is 0 Å². The topological polar surface area (TPSA) is 25.2 Å². The Balaban J connectivity index is 2.06. The second-order valence-corrected chi connectivity index (χ2v) is 5.17. The minimum absolute atomic E-state index is 0.412. The first-order valence-corrected chi connectivity index (χ1v) is 7.16. The molecule has 1 heterocycles.